The predicted molar refractivity (Wildman–Crippen MR) is 77.4 cm³/mol. The van der Waals surface area contributed by atoms with E-state index in [2.05, 4.69) is 10.6 Å². The number of carbonyl (C=O) groups is 2. The molecule has 0 aliphatic rings. The van der Waals surface area contributed by atoms with Crippen LogP contribution in [0.25, 0.3) is 0 Å². The van der Waals surface area contributed by atoms with E-state index >= 15 is 0 Å². The molecule has 1 aromatic rings. The number of ether oxygens (including phenoxy) is 1. The Balaban J connectivity index is 2.25. The molecule has 0 radical (unpaired) electrons. The Labute approximate surface area is 122 Å². The molecule has 0 fully saturated rings. The lowest BCUT2D eigenvalue weighted by molar-refractivity contribution is -0.139. The Morgan fingerprint density at radius 2 is 2.15 bits per heavy atom. The van der Waals surface area contributed by atoms with Gasteiger partial charge in [-0.05, 0) is 30.6 Å². The molecule has 0 spiro atoms. The number of nitrogens with one attached hydrogen (secondary N) is 2. The number of furan rings is 1. The number of hydrogen-bond donors (Lipinski definition) is 2. The molecule has 0 saturated carbocycles. The highest BCUT2D eigenvalue weighted by Crippen LogP contribution is 2.02. The van der Waals surface area contributed by atoms with E-state index in [-0.39, 0.29) is 12.6 Å². The summed E-state index contributed by atoms with van der Waals surface area (Å²) in [4.78, 5) is 23.1. The fraction of sp³-hybridized carbons (Fsp3) is 0.538. The molecule has 0 aromatic carbocycles. The molecule has 0 aliphatic heterocycles. The van der Waals surface area contributed by atoms with Gasteiger partial charge in [-0.25, -0.2) is 0 Å². The van der Waals surface area contributed by atoms with Crippen molar-refractivity contribution in [2.45, 2.75) is 19.1 Å². The first-order valence-corrected chi connectivity index (χ1v) is 7.67. The lowest BCUT2D eigenvalue weighted by Gasteiger charge is -2.15. The summed E-state index contributed by atoms with van der Waals surface area (Å²) in [5.41, 5.74) is 0. The molecule has 2 N–H and O–H groups in total. The van der Waals surface area contributed by atoms with E-state index in [1.54, 1.807) is 31.0 Å². The van der Waals surface area contributed by atoms with Gasteiger partial charge in [0, 0.05) is 13.7 Å². The number of rotatable bonds is 8. The normalized spacial score (nSPS) is 11.9. The van der Waals surface area contributed by atoms with Crippen LogP contribution in [0, 0.1) is 0 Å². The Hall–Kier alpha value is -1.47. The van der Waals surface area contributed by atoms with Crippen LogP contribution in [-0.2, 0) is 20.9 Å². The van der Waals surface area contributed by atoms with Crippen molar-refractivity contribution in [2.75, 3.05) is 25.7 Å². The van der Waals surface area contributed by atoms with Crippen LogP contribution < -0.4 is 10.6 Å². The van der Waals surface area contributed by atoms with Crippen LogP contribution >= 0.6 is 11.8 Å². The minimum Gasteiger partial charge on any atom is -0.467 e. The van der Waals surface area contributed by atoms with Gasteiger partial charge in [0.05, 0.1) is 18.9 Å². The van der Waals surface area contributed by atoms with Gasteiger partial charge in [0.25, 0.3) is 0 Å². The number of carbonyl (C=O) groups excluding carboxylic acids is 2. The van der Waals surface area contributed by atoms with Gasteiger partial charge < -0.3 is 19.8 Å². The lowest BCUT2D eigenvalue weighted by Crippen LogP contribution is -2.42. The van der Waals surface area contributed by atoms with Crippen LogP contribution in [0.5, 0.6) is 0 Å². The van der Waals surface area contributed by atoms with Crippen molar-refractivity contribution in [1.29, 1.82) is 0 Å². The summed E-state index contributed by atoms with van der Waals surface area (Å²) in [7, 11) is 1.59. The molecule has 112 valence electrons. The lowest BCUT2D eigenvalue weighted by atomic mass is 10.2. The van der Waals surface area contributed by atoms with Crippen molar-refractivity contribution in [2.24, 2.45) is 0 Å². The third-order valence-electron chi connectivity index (χ3n) is 2.68. The average molecular weight is 300 g/mol. The van der Waals surface area contributed by atoms with Crippen molar-refractivity contribution >= 4 is 23.6 Å². The van der Waals surface area contributed by atoms with E-state index in [0.29, 0.717) is 12.3 Å². The van der Waals surface area contributed by atoms with Crippen molar-refractivity contribution in [1.82, 2.24) is 10.6 Å². The molecule has 0 bridgehead atoms. The van der Waals surface area contributed by atoms with Crippen LogP contribution in [0.1, 0.15) is 12.2 Å². The molecule has 7 heteroatoms. The number of hydrogen-bond acceptors (Lipinski definition) is 5. The van der Waals surface area contributed by atoms with Crippen LogP contribution in [0.2, 0.25) is 0 Å². The van der Waals surface area contributed by atoms with Crippen LogP contribution in [0.4, 0.5) is 0 Å². The summed E-state index contributed by atoms with van der Waals surface area (Å²) >= 11 is 1.71. The summed E-state index contributed by atoms with van der Waals surface area (Å²) in [5, 5.41) is 5.04. The fourth-order valence-corrected chi connectivity index (χ4v) is 2.00. The third-order valence-corrected chi connectivity index (χ3v) is 3.32. The van der Waals surface area contributed by atoms with Crippen LogP contribution in [0.15, 0.2) is 22.8 Å². The van der Waals surface area contributed by atoms with E-state index in [1.807, 2.05) is 6.26 Å². The molecule has 1 atom stereocenters. The molecular weight excluding hydrogens is 280 g/mol. The number of methoxy groups -OCH3 is 1. The van der Waals surface area contributed by atoms with Crippen molar-refractivity contribution < 1.29 is 18.7 Å². The van der Waals surface area contributed by atoms with Crippen molar-refractivity contribution in [3.63, 3.8) is 0 Å². The minimum atomic E-state index is -0.680. The van der Waals surface area contributed by atoms with Crippen molar-refractivity contribution in [3.8, 4) is 0 Å². The molecule has 0 aliphatic carbocycles. The Morgan fingerprint density at radius 1 is 1.40 bits per heavy atom. The van der Waals surface area contributed by atoms with Gasteiger partial charge in [-0.3, -0.25) is 9.59 Å². The van der Waals surface area contributed by atoms with Crippen LogP contribution in [0.3, 0.4) is 0 Å². The maximum atomic E-state index is 11.6. The smallest absolute Gasteiger partial charge is 0.309 e. The monoisotopic (exact) mass is 300 g/mol. The summed E-state index contributed by atoms with van der Waals surface area (Å²) in [6, 6.07) is 3.44. The summed E-state index contributed by atoms with van der Waals surface area (Å²) in [6.45, 7) is 0.517. The Kier molecular flexibility index (Phi) is 7.82. The molecule has 1 unspecified atom stereocenters. The largest absolute Gasteiger partial charge is 0.467 e. The topological polar surface area (TPSA) is 80.6 Å². The average Bonchev–Trinajstić information content (AvgIpc) is 2.98. The zero-order valence-corrected chi connectivity index (χ0v) is 12.5. The second-order valence-electron chi connectivity index (χ2n) is 4.11. The zero-order chi connectivity index (χ0) is 14.8. The second-order valence-corrected chi connectivity index (χ2v) is 5.10. The maximum Gasteiger partial charge on any atom is 0.309 e. The standard InChI is InChI=1S/C13H20N2O4S/c1-18-10(5-7-20-2)8-14-12(16)13(17)15-9-11-4-3-6-19-11/h3-4,6,10H,5,7-9H2,1-2H3,(H,14,16)(H,15,17). The van der Waals surface area contributed by atoms with E-state index < -0.39 is 11.8 Å². The highest BCUT2D eigenvalue weighted by molar-refractivity contribution is 7.98. The van der Waals surface area contributed by atoms with Gasteiger partial charge in [0.15, 0.2) is 0 Å². The quantitative estimate of drug-likeness (QED) is 0.694. The number of amides is 2. The summed E-state index contributed by atoms with van der Waals surface area (Å²) in [5.74, 6) is 0.198. The van der Waals surface area contributed by atoms with Gasteiger partial charge in [-0.15, -0.1) is 0 Å². The molecule has 1 rings (SSSR count). The molecule has 6 nitrogen and oxygen atoms in total. The molecular formula is C13H20N2O4S. The molecule has 0 saturated heterocycles. The highest BCUT2D eigenvalue weighted by atomic mass is 32.2. The molecule has 20 heavy (non-hydrogen) atoms. The fourth-order valence-electron chi connectivity index (χ4n) is 1.50. The van der Waals surface area contributed by atoms with Gasteiger partial charge in [-0.1, -0.05) is 0 Å². The zero-order valence-electron chi connectivity index (χ0n) is 11.7. The SMILES string of the molecule is COC(CCSC)CNC(=O)C(=O)NCc1ccco1. The Morgan fingerprint density at radius 3 is 2.75 bits per heavy atom. The predicted octanol–water partition coefficient (Wildman–Crippen LogP) is 0.780. The van der Waals surface area contributed by atoms with E-state index in [0.717, 1.165) is 12.2 Å². The van der Waals surface area contributed by atoms with Crippen LogP contribution in [-0.4, -0.2) is 43.6 Å². The second kappa shape index (κ2) is 9.44. The minimum absolute atomic E-state index is 0.0794. The first-order valence-electron chi connectivity index (χ1n) is 6.27. The number of thioether (sulfide) groups is 1. The van der Waals surface area contributed by atoms with Gasteiger partial charge in [0.2, 0.25) is 0 Å². The first-order chi connectivity index (χ1) is 9.67. The highest BCUT2D eigenvalue weighted by Gasteiger charge is 2.15. The van der Waals surface area contributed by atoms with E-state index in [9.17, 15) is 9.59 Å². The van der Waals surface area contributed by atoms with E-state index in [1.165, 1.54) is 6.26 Å². The van der Waals surface area contributed by atoms with Gasteiger partial charge >= 0.3 is 11.8 Å². The molecule has 2 amide bonds. The third kappa shape index (κ3) is 6.12. The van der Waals surface area contributed by atoms with Crippen molar-refractivity contribution in [3.05, 3.63) is 24.2 Å². The first kappa shape index (κ1) is 16.6. The van der Waals surface area contributed by atoms with Gasteiger partial charge in [0.1, 0.15) is 5.76 Å². The maximum absolute atomic E-state index is 11.6. The summed E-state index contributed by atoms with van der Waals surface area (Å²) in [6.07, 6.45) is 4.26. The molecule has 1 heterocycles. The van der Waals surface area contributed by atoms with E-state index in [4.69, 9.17) is 9.15 Å². The van der Waals surface area contributed by atoms with Gasteiger partial charge in [-0.2, -0.15) is 11.8 Å². The molecule has 1 aromatic heterocycles. The Bertz CT molecular complexity index is 409. The summed E-state index contributed by atoms with van der Waals surface area (Å²) < 4.78 is 10.3.